The maximum Gasteiger partial charge on any atom is 0.144 e. The number of aliphatic hydroxyl groups excluding tert-OH is 1. The highest BCUT2D eigenvalue weighted by molar-refractivity contribution is 5.65. The van der Waals surface area contributed by atoms with Gasteiger partial charge in [-0.15, -0.1) is 0 Å². The fourth-order valence-corrected chi connectivity index (χ4v) is 10.7. The highest BCUT2D eigenvalue weighted by atomic mass is 16.5. The molecule has 0 amide bonds. The Labute approximate surface area is 441 Å². The van der Waals surface area contributed by atoms with Gasteiger partial charge in [-0.3, -0.25) is 13.7 Å². The van der Waals surface area contributed by atoms with Crippen LogP contribution in [0.1, 0.15) is 72.7 Å². The molecule has 0 saturated heterocycles. The standard InChI is InChI=1S/C66H66N6O3/c1-43-12-9-13-44(2)61(43)70-39-56(67-64(70)53-23-18-49(42-73)19-24-53)29-20-50-36-51(21-30-57-40-71(62-45(3)14-10-15-46(62)4)65(68-57)54-25-32-59(74-7)33-26-54)38-52(37-50)22-31-58-41-72(63-47(5)16-11-17-48(63)6)66(69-58)55-27-34-60(75-8)35-28-55/h9-19,23-28,32-41,73H,20-22,29-31,42H2,1-8H3. The molecule has 3 aromatic heterocycles. The minimum Gasteiger partial charge on any atom is -0.497 e. The Balaban J connectivity index is 0.997. The fraction of sp³-hybridized carbons (Fsp3) is 0.227. The van der Waals surface area contributed by atoms with Gasteiger partial charge in [0.2, 0.25) is 0 Å². The van der Waals surface area contributed by atoms with Gasteiger partial charge in [-0.2, -0.15) is 0 Å². The SMILES string of the molecule is COc1ccc(-c2nc(CCc3cc(CCc4cn(-c5c(C)cccc5C)c(-c5ccc(CO)cc5)n4)cc(CCc4cn(-c5c(C)cccc5C)c(-c5ccc(OC)cc5)n4)c3)cn2-c2c(C)cccc2C)cc1. The van der Waals surface area contributed by atoms with Gasteiger partial charge in [0.15, 0.2) is 0 Å². The Bertz CT molecular complexity index is 3170. The molecular formula is C66H66N6O3. The van der Waals surface area contributed by atoms with Crippen LogP contribution in [0.15, 0.2) is 164 Å². The van der Waals surface area contributed by atoms with Crippen LogP contribution in [0.4, 0.5) is 0 Å². The van der Waals surface area contributed by atoms with Crippen molar-refractivity contribution in [1.82, 2.24) is 28.7 Å². The third-order valence-electron chi connectivity index (χ3n) is 14.5. The van der Waals surface area contributed by atoms with Gasteiger partial charge in [-0.05, 0) is 184 Å². The van der Waals surface area contributed by atoms with Crippen molar-refractivity contribution in [3.05, 3.63) is 237 Å². The largest absolute Gasteiger partial charge is 0.497 e. The van der Waals surface area contributed by atoms with Gasteiger partial charge in [0, 0.05) is 35.3 Å². The lowest BCUT2D eigenvalue weighted by atomic mass is 9.96. The van der Waals surface area contributed by atoms with E-state index in [0.29, 0.717) is 0 Å². The Kier molecular flexibility index (Phi) is 14.8. The third kappa shape index (κ3) is 10.9. The normalized spacial score (nSPS) is 11.4. The summed E-state index contributed by atoms with van der Waals surface area (Å²) >= 11 is 0. The van der Waals surface area contributed by atoms with Gasteiger partial charge in [0.25, 0.3) is 0 Å². The lowest BCUT2D eigenvalue weighted by Crippen LogP contribution is -2.01. The van der Waals surface area contributed by atoms with Crippen LogP contribution in [0.25, 0.3) is 51.2 Å². The van der Waals surface area contributed by atoms with Gasteiger partial charge in [0.1, 0.15) is 29.0 Å². The second-order valence-electron chi connectivity index (χ2n) is 20.0. The highest BCUT2D eigenvalue weighted by Crippen LogP contribution is 2.33. The molecule has 0 spiro atoms. The van der Waals surface area contributed by atoms with E-state index in [9.17, 15) is 5.11 Å². The van der Waals surface area contributed by atoms with Crippen molar-refractivity contribution in [3.8, 4) is 62.7 Å². The average molecular weight is 991 g/mol. The quantitative estimate of drug-likeness (QED) is 0.0921. The number of hydrogen-bond acceptors (Lipinski definition) is 6. The maximum absolute atomic E-state index is 9.83. The Morgan fingerprint density at radius 3 is 0.907 bits per heavy atom. The van der Waals surface area contributed by atoms with Crippen LogP contribution in [0.2, 0.25) is 0 Å². The molecule has 7 aromatic carbocycles. The number of aliphatic hydroxyl groups is 1. The van der Waals surface area contributed by atoms with Crippen molar-refractivity contribution in [2.45, 2.75) is 86.7 Å². The number of para-hydroxylation sites is 3. The van der Waals surface area contributed by atoms with E-state index in [2.05, 4.69) is 183 Å². The smallest absolute Gasteiger partial charge is 0.144 e. The van der Waals surface area contributed by atoms with Gasteiger partial charge in [-0.25, -0.2) is 15.0 Å². The van der Waals surface area contributed by atoms with E-state index in [1.54, 1.807) is 14.2 Å². The molecule has 0 fully saturated rings. The predicted octanol–water partition coefficient (Wildman–Crippen LogP) is 14.0. The van der Waals surface area contributed by atoms with Crippen LogP contribution in [0.3, 0.4) is 0 Å². The molecule has 0 saturated carbocycles. The fourth-order valence-electron chi connectivity index (χ4n) is 10.7. The first-order chi connectivity index (χ1) is 36.5. The number of imidazole rings is 3. The maximum atomic E-state index is 9.83. The second-order valence-corrected chi connectivity index (χ2v) is 20.0. The lowest BCUT2D eigenvalue weighted by Gasteiger charge is -2.14. The first-order valence-electron chi connectivity index (χ1n) is 26.0. The zero-order chi connectivity index (χ0) is 52.2. The molecule has 0 aliphatic heterocycles. The van der Waals surface area contributed by atoms with Crippen molar-refractivity contribution in [3.63, 3.8) is 0 Å². The summed E-state index contributed by atoms with van der Waals surface area (Å²) in [5, 5.41) is 9.83. The van der Waals surface area contributed by atoms with Gasteiger partial charge in [0.05, 0.1) is 55.0 Å². The number of nitrogens with zero attached hydrogens (tertiary/aromatic N) is 6. The Morgan fingerprint density at radius 1 is 0.360 bits per heavy atom. The molecule has 0 atom stereocenters. The van der Waals surface area contributed by atoms with Crippen molar-refractivity contribution in [1.29, 1.82) is 0 Å². The summed E-state index contributed by atoms with van der Waals surface area (Å²) in [5.41, 5.74) is 21.5. The Morgan fingerprint density at radius 2 is 0.640 bits per heavy atom. The molecule has 10 aromatic rings. The van der Waals surface area contributed by atoms with Crippen molar-refractivity contribution >= 4 is 0 Å². The van der Waals surface area contributed by atoms with Gasteiger partial charge < -0.3 is 14.6 Å². The van der Waals surface area contributed by atoms with E-state index in [1.807, 2.05) is 36.4 Å². The summed E-state index contributed by atoms with van der Waals surface area (Å²) in [7, 11) is 3.40. The third-order valence-corrected chi connectivity index (χ3v) is 14.5. The summed E-state index contributed by atoms with van der Waals surface area (Å²) in [6.07, 6.45) is 11.5. The van der Waals surface area contributed by atoms with Gasteiger partial charge >= 0.3 is 0 Å². The second kappa shape index (κ2) is 22.1. The van der Waals surface area contributed by atoms with E-state index >= 15 is 0 Å². The van der Waals surface area contributed by atoms with Crippen molar-refractivity contribution in [2.24, 2.45) is 0 Å². The zero-order valence-electron chi connectivity index (χ0n) is 44.5. The van der Waals surface area contributed by atoms with Crippen molar-refractivity contribution < 1.29 is 14.6 Å². The van der Waals surface area contributed by atoms with E-state index < -0.39 is 0 Å². The minimum absolute atomic E-state index is 0.0000667. The number of methoxy groups -OCH3 is 2. The predicted molar refractivity (Wildman–Crippen MR) is 303 cm³/mol. The zero-order valence-corrected chi connectivity index (χ0v) is 44.5. The van der Waals surface area contributed by atoms with E-state index in [1.165, 1.54) is 50.1 Å². The molecule has 0 unspecified atom stereocenters. The number of aryl methyl sites for hydroxylation is 12. The summed E-state index contributed by atoms with van der Waals surface area (Å²) < 4.78 is 17.8. The molecular weight excluding hydrogens is 925 g/mol. The minimum atomic E-state index is 0.0000667. The topological polar surface area (TPSA) is 92.2 Å². The number of benzene rings is 7. The van der Waals surface area contributed by atoms with Crippen LogP contribution in [-0.4, -0.2) is 48.0 Å². The van der Waals surface area contributed by atoms with E-state index in [0.717, 1.165) is 124 Å². The lowest BCUT2D eigenvalue weighted by molar-refractivity contribution is 0.282. The van der Waals surface area contributed by atoms with Crippen LogP contribution in [-0.2, 0) is 45.1 Å². The van der Waals surface area contributed by atoms with Crippen LogP contribution < -0.4 is 9.47 Å². The summed E-state index contributed by atoms with van der Waals surface area (Å²) in [6, 6.07) is 51.0. The monoisotopic (exact) mass is 991 g/mol. The molecule has 1 N–H and O–H groups in total. The number of aromatic nitrogens is 6. The molecule has 9 heteroatoms. The summed E-state index contributed by atoms with van der Waals surface area (Å²) in [6.45, 7) is 13.0. The molecule has 0 aliphatic carbocycles. The molecule has 3 heterocycles. The van der Waals surface area contributed by atoms with Crippen LogP contribution in [0.5, 0.6) is 11.5 Å². The number of hydrogen-bond donors (Lipinski definition) is 1. The molecule has 0 radical (unpaired) electrons. The van der Waals surface area contributed by atoms with Crippen LogP contribution in [0, 0.1) is 41.5 Å². The number of ether oxygens (including phenoxy) is 2. The van der Waals surface area contributed by atoms with Crippen molar-refractivity contribution in [2.75, 3.05) is 14.2 Å². The van der Waals surface area contributed by atoms with Gasteiger partial charge in [-0.1, -0.05) is 97.1 Å². The van der Waals surface area contributed by atoms with Crippen LogP contribution >= 0.6 is 0 Å². The molecule has 10 rings (SSSR count). The molecule has 75 heavy (non-hydrogen) atoms. The molecule has 378 valence electrons. The summed E-state index contributed by atoms with van der Waals surface area (Å²) in [5.74, 6) is 4.35. The first kappa shape index (κ1) is 50.3. The molecule has 9 nitrogen and oxygen atoms in total. The van der Waals surface area contributed by atoms with E-state index in [-0.39, 0.29) is 6.61 Å². The number of rotatable bonds is 18. The molecule has 0 bridgehead atoms. The first-order valence-corrected chi connectivity index (χ1v) is 26.0. The average Bonchev–Trinajstić information content (AvgIpc) is 4.17. The highest BCUT2D eigenvalue weighted by Gasteiger charge is 2.20. The molecule has 0 aliphatic rings. The summed E-state index contributed by atoms with van der Waals surface area (Å²) in [4.78, 5) is 16.0. The van der Waals surface area contributed by atoms with E-state index in [4.69, 9.17) is 24.4 Å². The Hall–Kier alpha value is -8.27.